The SMILES string of the molecule is CS(=O)(=O)c1cccc(-c2cccc3nc(Nc4ccc(C(=O)NCCN)cc4)nn23)c1. The van der Waals surface area contributed by atoms with Gasteiger partial charge < -0.3 is 16.4 Å². The molecule has 9 nitrogen and oxygen atoms in total. The molecule has 0 atom stereocenters. The second kappa shape index (κ2) is 8.77. The standard InChI is InChI=1S/C22H22N6O3S/c1-32(30,31)18-5-2-4-16(14-18)19-6-3-7-20-26-22(27-28(19)20)25-17-10-8-15(9-11-17)21(29)24-13-12-23/h2-11,14H,12-13,23H2,1H3,(H,24,29)(H,25,27). The first-order valence-electron chi connectivity index (χ1n) is 9.87. The van der Waals surface area contributed by atoms with Crippen LogP contribution in [0.5, 0.6) is 0 Å². The topological polar surface area (TPSA) is 131 Å². The van der Waals surface area contributed by atoms with Gasteiger partial charge in [-0.05, 0) is 48.5 Å². The molecule has 0 bridgehead atoms. The highest BCUT2D eigenvalue weighted by Crippen LogP contribution is 2.24. The van der Waals surface area contributed by atoms with Crippen LogP contribution < -0.4 is 16.4 Å². The summed E-state index contributed by atoms with van der Waals surface area (Å²) >= 11 is 0. The number of pyridine rings is 1. The first-order valence-corrected chi connectivity index (χ1v) is 11.8. The van der Waals surface area contributed by atoms with E-state index in [2.05, 4.69) is 20.7 Å². The fourth-order valence-corrected chi connectivity index (χ4v) is 3.85. The second-order valence-electron chi connectivity index (χ2n) is 7.16. The van der Waals surface area contributed by atoms with Gasteiger partial charge in [0.2, 0.25) is 5.95 Å². The zero-order valence-corrected chi connectivity index (χ0v) is 18.1. The van der Waals surface area contributed by atoms with Gasteiger partial charge in [-0.15, -0.1) is 5.10 Å². The third kappa shape index (κ3) is 4.61. The van der Waals surface area contributed by atoms with Gasteiger partial charge in [-0.1, -0.05) is 18.2 Å². The Morgan fingerprint density at radius 1 is 1.06 bits per heavy atom. The molecule has 0 unspecified atom stereocenters. The molecule has 1 amide bonds. The molecule has 0 radical (unpaired) electrons. The molecule has 10 heteroatoms. The Morgan fingerprint density at radius 3 is 2.53 bits per heavy atom. The molecule has 32 heavy (non-hydrogen) atoms. The van der Waals surface area contributed by atoms with Gasteiger partial charge in [0.15, 0.2) is 15.5 Å². The van der Waals surface area contributed by atoms with E-state index < -0.39 is 9.84 Å². The number of rotatable bonds is 7. The molecule has 0 aliphatic heterocycles. The summed E-state index contributed by atoms with van der Waals surface area (Å²) in [4.78, 5) is 16.7. The summed E-state index contributed by atoms with van der Waals surface area (Å²) in [5.74, 6) is 0.186. The van der Waals surface area contributed by atoms with Gasteiger partial charge >= 0.3 is 0 Å². The van der Waals surface area contributed by atoms with Gasteiger partial charge in [-0.3, -0.25) is 4.79 Å². The van der Waals surface area contributed by atoms with Crippen molar-refractivity contribution in [2.24, 2.45) is 5.73 Å². The Morgan fingerprint density at radius 2 is 1.81 bits per heavy atom. The van der Waals surface area contributed by atoms with E-state index in [1.807, 2.05) is 24.3 Å². The lowest BCUT2D eigenvalue weighted by Gasteiger charge is -2.06. The summed E-state index contributed by atoms with van der Waals surface area (Å²) in [5, 5.41) is 10.4. The summed E-state index contributed by atoms with van der Waals surface area (Å²) in [5.41, 5.74) is 8.67. The first-order chi connectivity index (χ1) is 15.3. The molecule has 0 aliphatic carbocycles. The molecule has 164 valence electrons. The van der Waals surface area contributed by atoms with Crippen LogP contribution in [-0.2, 0) is 9.84 Å². The number of hydrogen-bond acceptors (Lipinski definition) is 7. The Bertz CT molecular complexity index is 1380. The fourth-order valence-electron chi connectivity index (χ4n) is 3.18. The smallest absolute Gasteiger partial charge is 0.251 e. The molecule has 0 aliphatic rings. The van der Waals surface area contributed by atoms with E-state index in [1.54, 1.807) is 47.0 Å². The van der Waals surface area contributed by atoms with Crippen LogP contribution in [0, 0.1) is 0 Å². The lowest BCUT2D eigenvalue weighted by molar-refractivity contribution is 0.0955. The number of amides is 1. The first kappa shape index (κ1) is 21.5. The van der Waals surface area contributed by atoms with Crippen molar-refractivity contribution in [1.29, 1.82) is 0 Å². The molecule has 0 saturated carbocycles. The van der Waals surface area contributed by atoms with E-state index in [1.165, 1.54) is 6.26 Å². The number of benzene rings is 2. The zero-order valence-electron chi connectivity index (χ0n) is 17.3. The van der Waals surface area contributed by atoms with Crippen LogP contribution >= 0.6 is 0 Å². The van der Waals surface area contributed by atoms with Crippen molar-refractivity contribution in [2.75, 3.05) is 24.7 Å². The second-order valence-corrected chi connectivity index (χ2v) is 9.18. The maximum Gasteiger partial charge on any atom is 0.251 e. The van der Waals surface area contributed by atoms with Crippen LogP contribution in [-0.4, -0.2) is 48.3 Å². The van der Waals surface area contributed by atoms with Gasteiger partial charge in [-0.25, -0.2) is 12.9 Å². The van der Waals surface area contributed by atoms with Crippen molar-refractivity contribution in [2.45, 2.75) is 4.90 Å². The highest BCUT2D eigenvalue weighted by molar-refractivity contribution is 7.90. The van der Waals surface area contributed by atoms with Gasteiger partial charge in [0.05, 0.1) is 10.6 Å². The molecule has 0 fully saturated rings. The van der Waals surface area contributed by atoms with Crippen molar-refractivity contribution < 1.29 is 13.2 Å². The van der Waals surface area contributed by atoms with Crippen LogP contribution in [0.2, 0.25) is 0 Å². The van der Waals surface area contributed by atoms with Crippen molar-refractivity contribution in [3.63, 3.8) is 0 Å². The maximum atomic E-state index is 12.0. The summed E-state index contributed by atoms with van der Waals surface area (Å²) < 4.78 is 25.5. The Balaban J connectivity index is 1.61. The van der Waals surface area contributed by atoms with Crippen LogP contribution in [0.3, 0.4) is 0 Å². The Kier molecular flexibility index (Phi) is 5.89. The van der Waals surface area contributed by atoms with Crippen molar-refractivity contribution in [3.05, 3.63) is 72.3 Å². The van der Waals surface area contributed by atoms with Gasteiger partial charge in [0.25, 0.3) is 5.91 Å². The van der Waals surface area contributed by atoms with E-state index in [-0.39, 0.29) is 10.8 Å². The highest BCUT2D eigenvalue weighted by atomic mass is 32.2. The monoisotopic (exact) mass is 450 g/mol. The van der Waals surface area contributed by atoms with E-state index in [4.69, 9.17) is 5.73 Å². The number of hydrogen-bond donors (Lipinski definition) is 3. The average Bonchev–Trinajstić information content (AvgIpc) is 3.20. The van der Waals surface area contributed by atoms with Crippen molar-refractivity contribution >= 4 is 33.0 Å². The van der Waals surface area contributed by atoms with Gasteiger partial charge in [0, 0.05) is 36.2 Å². The number of carbonyl (C=O) groups excluding carboxylic acids is 1. The third-order valence-corrected chi connectivity index (χ3v) is 5.86. The van der Waals surface area contributed by atoms with Crippen LogP contribution in [0.4, 0.5) is 11.6 Å². The summed E-state index contributed by atoms with van der Waals surface area (Å²) in [6, 6.07) is 19.1. The average molecular weight is 451 g/mol. The molecule has 2 aromatic carbocycles. The quantitative estimate of drug-likeness (QED) is 0.393. The number of nitrogens with two attached hydrogens (primary N) is 1. The molecule has 4 N–H and O–H groups in total. The van der Waals surface area contributed by atoms with Gasteiger partial charge in [0.1, 0.15) is 0 Å². The molecule has 0 saturated heterocycles. The lowest BCUT2D eigenvalue weighted by atomic mass is 10.1. The highest BCUT2D eigenvalue weighted by Gasteiger charge is 2.13. The minimum atomic E-state index is -3.33. The number of carbonyl (C=O) groups is 1. The minimum absolute atomic E-state index is 0.186. The number of aromatic nitrogens is 3. The molecule has 2 heterocycles. The Hall–Kier alpha value is -3.76. The summed E-state index contributed by atoms with van der Waals surface area (Å²) in [6.07, 6.45) is 1.18. The zero-order chi connectivity index (χ0) is 22.7. The number of nitrogens with zero attached hydrogens (tertiary/aromatic N) is 3. The van der Waals surface area contributed by atoms with E-state index in [0.717, 1.165) is 5.69 Å². The number of anilines is 2. The van der Waals surface area contributed by atoms with Crippen LogP contribution in [0.1, 0.15) is 10.4 Å². The van der Waals surface area contributed by atoms with Crippen LogP contribution in [0.25, 0.3) is 16.9 Å². The predicted molar refractivity (Wildman–Crippen MR) is 123 cm³/mol. The van der Waals surface area contributed by atoms with Gasteiger partial charge in [-0.2, -0.15) is 4.98 Å². The third-order valence-electron chi connectivity index (χ3n) is 4.75. The number of sulfone groups is 1. The summed E-state index contributed by atoms with van der Waals surface area (Å²) in [7, 11) is -3.33. The van der Waals surface area contributed by atoms with Crippen molar-refractivity contribution in [3.8, 4) is 11.3 Å². The van der Waals surface area contributed by atoms with E-state index >= 15 is 0 Å². The molecule has 0 spiro atoms. The number of fused-ring (bicyclic) bond motifs is 1. The van der Waals surface area contributed by atoms with E-state index in [0.29, 0.717) is 41.5 Å². The Labute approximate surface area is 185 Å². The van der Waals surface area contributed by atoms with Crippen molar-refractivity contribution in [1.82, 2.24) is 19.9 Å². The molecular formula is C22H22N6O3S. The van der Waals surface area contributed by atoms with E-state index in [9.17, 15) is 13.2 Å². The fraction of sp³-hybridized carbons (Fsp3) is 0.136. The van der Waals surface area contributed by atoms with Crippen LogP contribution in [0.15, 0.2) is 71.6 Å². The normalized spacial score (nSPS) is 11.4. The minimum Gasteiger partial charge on any atom is -0.351 e. The molecule has 2 aromatic heterocycles. The predicted octanol–water partition coefficient (Wildman–Crippen LogP) is 2.23. The molecular weight excluding hydrogens is 428 g/mol. The molecule has 4 aromatic rings. The lowest BCUT2D eigenvalue weighted by Crippen LogP contribution is -2.28. The maximum absolute atomic E-state index is 12.0. The largest absolute Gasteiger partial charge is 0.351 e. The number of nitrogens with one attached hydrogen (secondary N) is 2. The summed E-state index contributed by atoms with van der Waals surface area (Å²) in [6.45, 7) is 0.797. The molecule has 4 rings (SSSR count).